The van der Waals surface area contributed by atoms with Gasteiger partial charge < -0.3 is 58.4 Å². The fraction of sp³-hybridized carbons (Fsp3) is 0.500. The molecule has 8 aromatic heterocycles. The predicted octanol–water partition coefficient (Wildman–Crippen LogP) is 9.17. The van der Waals surface area contributed by atoms with E-state index in [9.17, 15) is 52.8 Å². The van der Waals surface area contributed by atoms with Gasteiger partial charge in [-0.3, -0.25) is 19.2 Å². The van der Waals surface area contributed by atoms with Crippen LogP contribution in [-0.2, 0) is 80.0 Å². The highest BCUT2D eigenvalue weighted by molar-refractivity contribution is 7.90. The minimum Gasteiger partial charge on any atom is -0.493 e. The van der Waals surface area contributed by atoms with Gasteiger partial charge in [0.1, 0.15) is 46.3 Å². The summed E-state index contributed by atoms with van der Waals surface area (Å²) in [6.07, 6.45) is 5.56. The molecular weight excluding hydrogens is 1780 g/mol. The molecule has 0 aliphatic carbocycles. The maximum atomic E-state index is 13.3. The molecule has 720 valence electrons. The van der Waals surface area contributed by atoms with Crippen LogP contribution in [0, 0.1) is 27.7 Å². The average Bonchev–Trinajstić information content (AvgIpc) is 1.47. The predicted molar refractivity (Wildman–Crippen MR) is 503 cm³/mol. The number of imidazole rings is 4. The third kappa shape index (κ3) is 23.4. The molecule has 0 fully saturated rings. The molecule has 12 aromatic rings. The normalized spacial score (nSPS) is 12.4. The lowest BCUT2D eigenvalue weighted by Crippen LogP contribution is -2.42. The topological polar surface area (TPSA) is 478 Å². The molecule has 0 unspecified atom stereocenters. The SMILES string of the molecule is CCCc1nc(C)c2c(=O)[nH]c(-c3cc(S(=O)(=O)N(C)C(C)(C)C)ccc3OCC)nn12.CCCc1nc(C)c2c(=O)[nH]c(-c3cc(S(=O)(=O)N(C)CCNC)ccc3OCC)nn12.CCCc1nc(C)c2c(=O)[nH]c(-c3cc(S(=O)(=O)N(C)C[C@H](COC)OC)ccc3OCC)nn12.CCCc1nc(C)c2c(=O)[nH]c(-c3cc(S(=O)(=O)N(CC)CCOC)ccc3OCC)nn12. The number of nitrogens with zero attached hydrogens (tertiary/aromatic N) is 16. The zero-order valence-corrected chi connectivity index (χ0v) is 82.8. The van der Waals surface area contributed by atoms with Crippen molar-refractivity contribution in [2.24, 2.45) is 0 Å². The van der Waals surface area contributed by atoms with Gasteiger partial charge in [-0.05, 0) is 182 Å². The van der Waals surface area contributed by atoms with Crippen LogP contribution in [0.3, 0.4) is 0 Å². The summed E-state index contributed by atoms with van der Waals surface area (Å²) in [7, 11) is -4.34. The Bertz CT molecular complexity index is 6800. The van der Waals surface area contributed by atoms with Crippen LogP contribution in [-0.4, -0.2) is 263 Å². The number of hydrogen-bond donors (Lipinski definition) is 5. The summed E-state index contributed by atoms with van der Waals surface area (Å²) in [5.74, 6) is 5.23. The minimum absolute atomic E-state index is 0.0315. The third-order valence-electron chi connectivity index (χ3n) is 21.3. The smallest absolute Gasteiger partial charge is 0.277 e. The molecule has 1 atom stereocenters. The van der Waals surface area contributed by atoms with Crippen molar-refractivity contribution in [1.82, 2.24) is 101 Å². The first-order valence-corrected chi connectivity index (χ1v) is 49.5. The summed E-state index contributed by atoms with van der Waals surface area (Å²) in [6, 6.07) is 18.3. The average molecular weight is 1910 g/mol. The summed E-state index contributed by atoms with van der Waals surface area (Å²) >= 11 is 0. The van der Waals surface area contributed by atoms with Crippen molar-refractivity contribution in [2.45, 2.75) is 193 Å². The van der Waals surface area contributed by atoms with Crippen LogP contribution < -0.4 is 46.5 Å². The van der Waals surface area contributed by atoms with E-state index in [0.29, 0.717) is 185 Å². The van der Waals surface area contributed by atoms with Crippen LogP contribution in [0.25, 0.3) is 67.6 Å². The fourth-order valence-corrected chi connectivity index (χ4v) is 19.8. The Kier molecular flexibility index (Phi) is 36.2. The van der Waals surface area contributed by atoms with Crippen molar-refractivity contribution >= 4 is 62.2 Å². The van der Waals surface area contributed by atoms with Gasteiger partial charge >= 0.3 is 0 Å². The number of aryl methyl sites for hydroxylation is 8. The standard InChI is InChI=1S/C23H33N5O6S.C22H31N5O5S.C22H31N5O4S.C21H30N6O4S/c1-7-9-20-24-15(3)21-23(29)25-22(26-28(20)21)18-12-17(10-11-19(18)34-8-2)35(30,31)27(4)13-16(33-6)14-32-5;1-6-9-19-23-15(4)20-22(28)24-21(25-27(19)20)17-14-16(10-11-18(17)32-8-3)33(29,30)26(7-2)12-13-31-5;1-8-10-18-23-14(3)19-21(28)24-20(25-27(18)19)16-13-15(11-12-17(16)31-9-2)32(29,30)26(7)22(4,5)6;1-6-8-18-23-14(3)19-21(28)24-20(25-27(18)19)16-13-15(9-10-17(16)31-7-2)32(29,30)26(5)12-11-22-4/h10-12,16H,7-9,13-14H2,1-6H3,(H,25,26,29);10-11,14H,6-9,12-13H2,1-5H3,(H,24,25,28);11-13H,8-10H2,1-7H3,(H,24,25,28);9-10,13,22H,6-8,11-12H2,1-5H3,(H,24,25,28)/t16-;;;/m1.../s1. The Balaban J connectivity index is 0.000000198. The number of sulfonamides is 4. The maximum absolute atomic E-state index is 13.3. The van der Waals surface area contributed by atoms with Gasteiger partial charge in [-0.2, -0.15) is 17.2 Å². The largest absolute Gasteiger partial charge is 0.493 e. The lowest BCUT2D eigenvalue weighted by Gasteiger charge is -2.31. The van der Waals surface area contributed by atoms with Crippen LogP contribution in [0.5, 0.6) is 23.0 Å². The van der Waals surface area contributed by atoms with Crippen LogP contribution in [0.15, 0.2) is 112 Å². The van der Waals surface area contributed by atoms with Gasteiger partial charge in [0, 0.05) is 106 Å². The van der Waals surface area contributed by atoms with Crippen LogP contribution in [0.4, 0.5) is 0 Å². The fourth-order valence-electron chi connectivity index (χ4n) is 14.3. The Hall–Kier alpha value is -11.0. The number of hydrogen-bond acceptors (Lipinski definition) is 28. The first-order valence-electron chi connectivity index (χ1n) is 43.7. The van der Waals surface area contributed by atoms with Crippen molar-refractivity contribution < 1.29 is 66.8 Å². The third-order valence-corrected chi connectivity index (χ3v) is 29.0. The summed E-state index contributed by atoms with van der Waals surface area (Å²) in [5, 5.41) is 21.4. The summed E-state index contributed by atoms with van der Waals surface area (Å²) in [6.45, 7) is 33.2. The van der Waals surface area contributed by atoms with Gasteiger partial charge in [-0.1, -0.05) is 34.6 Å². The number of rotatable bonds is 40. The van der Waals surface area contributed by atoms with E-state index in [1.54, 1.807) is 86.5 Å². The second-order valence-corrected chi connectivity index (χ2v) is 39.7. The van der Waals surface area contributed by atoms with E-state index in [0.717, 1.165) is 25.7 Å². The molecular formula is C88H125N21O19S4. The molecule has 5 N–H and O–H groups in total. The van der Waals surface area contributed by atoms with E-state index < -0.39 is 51.7 Å². The zero-order valence-electron chi connectivity index (χ0n) is 79.5. The second kappa shape index (κ2) is 45.6. The lowest BCUT2D eigenvalue weighted by molar-refractivity contribution is 0.0207. The highest BCUT2D eigenvalue weighted by atomic mass is 32.2. The Morgan fingerprint density at radius 2 is 0.712 bits per heavy atom. The molecule has 132 heavy (non-hydrogen) atoms. The van der Waals surface area contributed by atoms with Crippen molar-refractivity contribution in [3.8, 4) is 68.5 Å². The number of benzene rings is 4. The number of methoxy groups -OCH3 is 3. The zero-order chi connectivity index (χ0) is 97.2. The van der Waals surface area contributed by atoms with Gasteiger partial charge in [-0.25, -0.2) is 71.7 Å². The van der Waals surface area contributed by atoms with Gasteiger partial charge in [0.2, 0.25) is 40.1 Å². The lowest BCUT2D eigenvalue weighted by atomic mass is 10.1. The molecule has 4 aromatic carbocycles. The monoisotopic (exact) mass is 1910 g/mol. The molecule has 8 heterocycles. The second-order valence-electron chi connectivity index (χ2n) is 31.7. The number of ether oxygens (including phenoxy) is 7. The molecule has 0 saturated carbocycles. The van der Waals surface area contributed by atoms with E-state index >= 15 is 0 Å². The highest BCUT2D eigenvalue weighted by Crippen LogP contribution is 2.37. The number of likely N-dealkylation sites (N-methyl/N-ethyl adjacent to an activating group) is 4. The van der Waals surface area contributed by atoms with E-state index in [4.69, 9.17) is 33.2 Å². The molecule has 0 bridgehead atoms. The quantitative estimate of drug-likeness (QED) is 0.0239. The molecule has 0 amide bonds. The summed E-state index contributed by atoms with van der Waals surface area (Å²) < 4.78 is 155. The van der Waals surface area contributed by atoms with Crippen molar-refractivity contribution in [3.05, 3.63) is 160 Å². The molecule has 0 spiro atoms. The number of aromatic amines is 4. The number of H-pyrrole nitrogens is 4. The van der Waals surface area contributed by atoms with E-state index in [1.165, 1.54) is 106 Å². The Morgan fingerprint density at radius 3 is 0.970 bits per heavy atom. The number of aromatic nitrogens is 16. The number of nitrogens with one attached hydrogen (secondary N) is 5. The first-order chi connectivity index (χ1) is 62.6. The minimum atomic E-state index is -3.89. The molecule has 12 rings (SSSR count). The molecule has 0 saturated heterocycles. The van der Waals surface area contributed by atoms with Crippen LogP contribution >= 0.6 is 0 Å². The molecule has 0 aliphatic rings. The summed E-state index contributed by atoms with van der Waals surface area (Å²) in [5.41, 5.74) is 3.39. The van der Waals surface area contributed by atoms with Crippen molar-refractivity contribution in [3.63, 3.8) is 0 Å². The van der Waals surface area contributed by atoms with E-state index in [2.05, 4.69) is 65.6 Å². The van der Waals surface area contributed by atoms with Gasteiger partial charge in [0.05, 0.1) is 110 Å². The van der Waals surface area contributed by atoms with Crippen molar-refractivity contribution in [2.75, 3.05) is 122 Å². The number of fused-ring (bicyclic) bond motifs is 4. The van der Waals surface area contributed by atoms with Gasteiger partial charge in [-0.15, -0.1) is 20.4 Å². The molecule has 40 nitrogen and oxygen atoms in total. The molecule has 44 heteroatoms. The van der Waals surface area contributed by atoms with E-state index in [1.807, 2.05) is 76.2 Å². The molecule has 0 aliphatic heterocycles. The van der Waals surface area contributed by atoms with Crippen LogP contribution in [0.1, 0.15) is 155 Å². The van der Waals surface area contributed by atoms with E-state index in [-0.39, 0.29) is 91.4 Å². The van der Waals surface area contributed by atoms with Crippen LogP contribution in [0.2, 0.25) is 0 Å². The van der Waals surface area contributed by atoms with Crippen molar-refractivity contribution in [1.29, 1.82) is 0 Å². The molecule has 0 radical (unpaired) electrons. The Morgan fingerprint density at radius 1 is 0.417 bits per heavy atom. The van der Waals surface area contributed by atoms with Gasteiger partial charge in [0.25, 0.3) is 22.2 Å². The summed E-state index contributed by atoms with van der Waals surface area (Å²) in [4.78, 5) is 80.9. The Labute approximate surface area is 769 Å². The highest BCUT2D eigenvalue weighted by Gasteiger charge is 2.34. The van der Waals surface area contributed by atoms with Gasteiger partial charge in [0.15, 0.2) is 45.4 Å². The first kappa shape index (κ1) is 105. The maximum Gasteiger partial charge on any atom is 0.277 e.